The van der Waals surface area contributed by atoms with Gasteiger partial charge in [-0.15, -0.1) is 0 Å². The second kappa shape index (κ2) is 9.66. The predicted octanol–water partition coefficient (Wildman–Crippen LogP) is 5.17. The van der Waals surface area contributed by atoms with E-state index in [1.807, 2.05) is 0 Å². The summed E-state index contributed by atoms with van der Waals surface area (Å²) in [7, 11) is 0.122. The first-order valence-corrected chi connectivity index (χ1v) is 8.89. The summed E-state index contributed by atoms with van der Waals surface area (Å²) < 4.78 is 0. The van der Waals surface area contributed by atoms with Gasteiger partial charge in [-0.25, -0.2) is 0 Å². The second-order valence-electron chi connectivity index (χ2n) is 4.74. The summed E-state index contributed by atoms with van der Waals surface area (Å²) in [6.45, 7) is 4.59. The van der Waals surface area contributed by atoms with Gasteiger partial charge >= 0.3 is 0 Å². The Morgan fingerprint density at radius 2 is 1.41 bits per heavy atom. The lowest BCUT2D eigenvalue weighted by Crippen LogP contribution is -2.06. The molecule has 17 heavy (non-hydrogen) atoms. The van der Waals surface area contributed by atoms with Crippen molar-refractivity contribution < 1.29 is 0 Å². The van der Waals surface area contributed by atoms with Gasteiger partial charge in [0.05, 0.1) is 0 Å². The van der Waals surface area contributed by atoms with E-state index in [-0.39, 0.29) is 7.92 Å². The molecule has 0 aliphatic rings. The number of benzene rings is 1. The van der Waals surface area contributed by atoms with Crippen molar-refractivity contribution in [1.82, 2.24) is 0 Å². The summed E-state index contributed by atoms with van der Waals surface area (Å²) in [5, 5.41) is 1.62. The molecular weight excluding hydrogens is 223 g/mol. The fourth-order valence-electron chi connectivity index (χ4n) is 2.09. The zero-order valence-electron chi connectivity index (χ0n) is 11.5. The Morgan fingerprint density at radius 1 is 0.765 bits per heavy atom. The van der Waals surface area contributed by atoms with Crippen LogP contribution in [0.25, 0.3) is 0 Å². The van der Waals surface area contributed by atoms with Gasteiger partial charge in [0.2, 0.25) is 0 Å². The highest BCUT2D eigenvalue weighted by Gasteiger charge is 2.09. The van der Waals surface area contributed by atoms with Gasteiger partial charge in [-0.05, 0) is 30.5 Å². The maximum Gasteiger partial charge on any atom is -0.0240 e. The average Bonchev–Trinajstić information content (AvgIpc) is 2.39. The highest BCUT2D eigenvalue weighted by Crippen LogP contribution is 2.36. The first-order chi connectivity index (χ1) is 8.38. The molecule has 96 valence electrons. The van der Waals surface area contributed by atoms with Crippen molar-refractivity contribution in [2.24, 2.45) is 0 Å². The lowest BCUT2D eigenvalue weighted by atomic mass is 10.2. The first kappa shape index (κ1) is 14.7. The van der Waals surface area contributed by atoms with Crippen molar-refractivity contribution in [1.29, 1.82) is 0 Å². The third-order valence-corrected chi connectivity index (χ3v) is 5.93. The lowest BCUT2D eigenvalue weighted by molar-refractivity contribution is 0.704. The first-order valence-electron chi connectivity index (χ1n) is 7.18. The van der Waals surface area contributed by atoms with Gasteiger partial charge in [0.1, 0.15) is 0 Å². The minimum atomic E-state index is 0.122. The Bertz CT molecular complexity index is 268. The monoisotopic (exact) mass is 250 g/mol. The van der Waals surface area contributed by atoms with Crippen LogP contribution in [0.2, 0.25) is 0 Å². The van der Waals surface area contributed by atoms with Gasteiger partial charge < -0.3 is 0 Å². The average molecular weight is 250 g/mol. The smallest absolute Gasteiger partial charge is 0.0240 e. The molecule has 0 amide bonds. The number of unbranched alkanes of at least 4 members (excludes halogenated alkanes) is 4. The Morgan fingerprint density at radius 3 is 2.06 bits per heavy atom. The third kappa shape index (κ3) is 6.22. The maximum atomic E-state index is 2.33. The minimum Gasteiger partial charge on any atom is -0.0753 e. The molecule has 0 spiro atoms. The van der Waals surface area contributed by atoms with Crippen molar-refractivity contribution >= 4 is 13.2 Å². The Kier molecular flexibility index (Phi) is 8.36. The van der Waals surface area contributed by atoms with E-state index in [1.54, 1.807) is 5.30 Å². The number of hydrogen-bond donors (Lipinski definition) is 0. The van der Waals surface area contributed by atoms with Crippen LogP contribution in [-0.4, -0.2) is 12.3 Å². The van der Waals surface area contributed by atoms with Crippen LogP contribution < -0.4 is 5.30 Å². The van der Waals surface area contributed by atoms with E-state index in [4.69, 9.17) is 0 Å². The predicted molar refractivity (Wildman–Crippen MR) is 81.8 cm³/mol. The minimum absolute atomic E-state index is 0.122. The van der Waals surface area contributed by atoms with Crippen LogP contribution in [-0.2, 0) is 0 Å². The molecule has 1 aromatic rings. The molecule has 1 aromatic carbocycles. The molecule has 0 N–H and O–H groups in total. The summed E-state index contributed by atoms with van der Waals surface area (Å²) in [5.41, 5.74) is 0. The molecule has 0 radical (unpaired) electrons. The van der Waals surface area contributed by atoms with Gasteiger partial charge in [-0.3, -0.25) is 0 Å². The number of hydrogen-bond acceptors (Lipinski definition) is 0. The van der Waals surface area contributed by atoms with Crippen LogP contribution >= 0.6 is 7.92 Å². The molecule has 0 bridgehead atoms. The van der Waals surface area contributed by atoms with Crippen molar-refractivity contribution in [3.05, 3.63) is 30.3 Å². The normalized spacial score (nSPS) is 12.6. The van der Waals surface area contributed by atoms with Gasteiger partial charge in [-0.1, -0.05) is 77.8 Å². The fraction of sp³-hybridized carbons (Fsp3) is 0.625. The molecule has 0 heterocycles. The van der Waals surface area contributed by atoms with E-state index < -0.39 is 0 Å². The van der Waals surface area contributed by atoms with Crippen LogP contribution in [0, 0.1) is 0 Å². The van der Waals surface area contributed by atoms with Crippen molar-refractivity contribution in [3.63, 3.8) is 0 Å². The van der Waals surface area contributed by atoms with Gasteiger partial charge in [-0.2, -0.15) is 0 Å². The standard InChI is InChI=1S/C16H27P/c1-3-5-7-11-15-17(14-6-4-2)16-12-9-8-10-13-16/h8-10,12-13H,3-7,11,14-15H2,1-2H3. The highest BCUT2D eigenvalue weighted by atomic mass is 31.1. The second-order valence-corrected chi connectivity index (χ2v) is 7.23. The lowest BCUT2D eigenvalue weighted by Gasteiger charge is -2.17. The van der Waals surface area contributed by atoms with Gasteiger partial charge in [0, 0.05) is 0 Å². The fourth-order valence-corrected chi connectivity index (χ4v) is 4.72. The van der Waals surface area contributed by atoms with Crippen LogP contribution in [0.5, 0.6) is 0 Å². The molecule has 1 atom stereocenters. The van der Waals surface area contributed by atoms with Crippen LogP contribution in [0.15, 0.2) is 30.3 Å². The van der Waals surface area contributed by atoms with Crippen LogP contribution in [0.3, 0.4) is 0 Å². The van der Waals surface area contributed by atoms with Crippen molar-refractivity contribution in [2.45, 2.75) is 52.4 Å². The third-order valence-electron chi connectivity index (χ3n) is 3.18. The Balaban J connectivity index is 2.43. The molecule has 0 saturated carbocycles. The maximum absolute atomic E-state index is 2.33. The molecule has 0 aliphatic heterocycles. The molecule has 1 heteroatoms. The van der Waals surface area contributed by atoms with Gasteiger partial charge in [0.25, 0.3) is 0 Å². The molecule has 1 rings (SSSR count). The Hall–Kier alpha value is -0.350. The molecule has 0 aromatic heterocycles. The zero-order valence-corrected chi connectivity index (χ0v) is 12.4. The van der Waals surface area contributed by atoms with E-state index in [1.165, 1.54) is 50.8 Å². The topological polar surface area (TPSA) is 0 Å². The zero-order chi connectivity index (χ0) is 12.3. The van der Waals surface area contributed by atoms with E-state index in [0.717, 1.165) is 0 Å². The van der Waals surface area contributed by atoms with Crippen molar-refractivity contribution in [3.8, 4) is 0 Å². The summed E-state index contributed by atoms with van der Waals surface area (Å²) >= 11 is 0. The quantitative estimate of drug-likeness (QED) is 0.419. The van der Waals surface area contributed by atoms with E-state index in [9.17, 15) is 0 Å². The highest BCUT2D eigenvalue weighted by molar-refractivity contribution is 7.65. The molecule has 0 fully saturated rings. The SMILES string of the molecule is CCCCCCP(CCCC)c1ccccc1. The molecule has 0 nitrogen and oxygen atoms in total. The summed E-state index contributed by atoms with van der Waals surface area (Å²) in [6.07, 6.45) is 11.2. The molecule has 1 unspecified atom stereocenters. The summed E-state index contributed by atoms with van der Waals surface area (Å²) in [4.78, 5) is 0. The van der Waals surface area contributed by atoms with Crippen LogP contribution in [0.1, 0.15) is 52.4 Å². The Labute approximate surface area is 109 Å². The molecular formula is C16H27P. The number of rotatable bonds is 9. The summed E-state index contributed by atoms with van der Waals surface area (Å²) in [5.74, 6) is 0. The molecule has 0 aliphatic carbocycles. The van der Waals surface area contributed by atoms with E-state index in [2.05, 4.69) is 44.2 Å². The van der Waals surface area contributed by atoms with Crippen LogP contribution in [0.4, 0.5) is 0 Å². The van der Waals surface area contributed by atoms with Crippen molar-refractivity contribution in [2.75, 3.05) is 12.3 Å². The van der Waals surface area contributed by atoms with E-state index >= 15 is 0 Å². The largest absolute Gasteiger partial charge is 0.0753 e. The van der Waals surface area contributed by atoms with Gasteiger partial charge in [0.15, 0.2) is 0 Å². The molecule has 0 saturated heterocycles. The summed E-state index contributed by atoms with van der Waals surface area (Å²) in [6, 6.07) is 11.2. The van der Waals surface area contributed by atoms with E-state index in [0.29, 0.717) is 0 Å².